The van der Waals surface area contributed by atoms with Crippen LogP contribution in [0.15, 0.2) is 0 Å². The molecule has 0 aromatic heterocycles. The number of nitrogens with two attached hydrogens (primary N) is 1. The molecule has 0 saturated heterocycles. The summed E-state index contributed by atoms with van der Waals surface area (Å²) in [5, 5.41) is 9.13. The van der Waals surface area contributed by atoms with E-state index in [1.807, 2.05) is 0 Å². The fraction of sp³-hybridized carbons (Fsp3) is 0.818. The number of hydrogen-bond donors (Lipinski definition) is 2. The molecule has 0 radical (unpaired) electrons. The number of esters is 1. The van der Waals surface area contributed by atoms with Gasteiger partial charge < -0.3 is 15.6 Å². The molecule has 0 saturated carbocycles. The lowest BCUT2D eigenvalue weighted by Crippen LogP contribution is -2.49. The van der Waals surface area contributed by atoms with E-state index in [1.165, 1.54) is 6.92 Å². The molecular formula is C11H21NO7S. The van der Waals surface area contributed by atoms with Gasteiger partial charge in [0.15, 0.2) is 5.92 Å². The first-order valence-corrected chi connectivity index (χ1v) is 7.66. The number of rotatable bonds is 6. The van der Waals surface area contributed by atoms with Gasteiger partial charge in [0.1, 0.15) is 11.7 Å². The van der Waals surface area contributed by atoms with E-state index in [9.17, 15) is 18.0 Å². The van der Waals surface area contributed by atoms with Crippen LogP contribution in [0.1, 0.15) is 27.7 Å². The normalized spacial score (nSPS) is 17.1. The summed E-state index contributed by atoms with van der Waals surface area (Å²) in [7, 11) is -3.98. The molecule has 0 aromatic carbocycles. The van der Waals surface area contributed by atoms with Crippen molar-refractivity contribution < 1.29 is 32.0 Å². The van der Waals surface area contributed by atoms with Crippen molar-refractivity contribution in [1.29, 1.82) is 0 Å². The van der Waals surface area contributed by atoms with Gasteiger partial charge in [-0.1, -0.05) is 0 Å². The molecule has 0 aliphatic rings. The van der Waals surface area contributed by atoms with E-state index in [0.717, 1.165) is 6.26 Å². The highest BCUT2D eigenvalue weighted by Gasteiger charge is 2.42. The summed E-state index contributed by atoms with van der Waals surface area (Å²) in [6.07, 6.45) is -0.798. The zero-order valence-corrected chi connectivity index (χ0v) is 12.9. The minimum atomic E-state index is -3.98. The predicted molar refractivity (Wildman–Crippen MR) is 70.3 cm³/mol. The minimum Gasteiger partial charge on any atom is -0.481 e. The lowest BCUT2D eigenvalue weighted by molar-refractivity contribution is -0.171. The topological polar surface area (TPSA) is 133 Å². The predicted octanol–water partition coefficient (Wildman–Crippen LogP) is -0.279. The molecule has 118 valence electrons. The van der Waals surface area contributed by atoms with Crippen LogP contribution in [0.25, 0.3) is 0 Å². The van der Waals surface area contributed by atoms with Gasteiger partial charge in [-0.05, 0) is 27.7 Å². The highest BCUT2D eigenvalue weighted by molar-refractivity contribution is 7.86. The van der Waals surface area contributed by atoms with Crippen molar-refractivity contribution in [1.82, 2.24) is 0 Å². The Hall–Kier alpha value is -1.19. The summed E-state index contributed by atoms with van der Waals surface area (Å²) < 4.78 is 31.9. The van der Waals surface area contributed by atoms with Gasteiger partial charge in [-0.25, -0.2) is 0 Å². The van der Waals surface area contributed by atoms with E-state index in [2.05, 4.69) is 4.18 Å². The van der Waals surface area contributed by atoms with E-state index in [0.29, 0.717) is 0 Å². The molecule has 0 rings (SSSR count). The minimum absolute atomic E-state index is 0.746. The average Bonchev–Trinajstić information content (AvgIpc) is 2.10. The molecule has 9 heteroatoms. The lowest BCUT2D eigenvalue weighted by Gasteiger charge is -2.28. The first-order chi connectivity index (χ1) is 8.74. The molecule has 0 bridgehead atoms. The number of ether oxygens (including phenoxy) is 1. The van der Waals surface area contributed by atoms with Crippen molar-refractivity contribution in [3.63, 3.8) is 0 Å². The van der Waals surface area contributed by atoms with Gasteiger partial charge in [0.05, 0.1) is 6.26 Å². The third-order valence-electron chi connectivity index (χ3n) is 2.06. The molecule has 0 aliphatic heterocycles. The smallest absolute Gasteiger partial charge is 0.323 e. The Kier molecular flexibility index (Phi) is 6.12. The van der Waals surface area contributed by atoms with Gasteiger partial charge in [-0.3, -0.25) is 13.8 Å². The molecule has 3 unspecified atom stereocenters. The van der Waals surface area contributed by atoms with Crippen LogP contribution in [0.4, 0.5) is 0 Å². The maximum absolute atomic E-state index is 11.9. The average molecular weight is 311 g/mol. The van der Waals surface area contributed by atoms with E-state index >= 15 is 0 Å². The molecule has 20 heavy (non-hydrogen) atoms. The van der Waals surface area contributed by atoms with Gasteiger partial charge in [0.2, 0.25) is 0 Å². The Bertz CT molecular complexity index is 464. The Morgan fingerprint density at radius 3 is 1.95 bits per heavy atom. The Balaban J connectivity index is 5.41. The number of carbonyl (C=O) groups is 2. The van der Waals surface area contributed by atoms with Crippen molar-refractivity contribution in [2.24, 2.45) is 11.7 Å². The summed E-state index contributed by atoms with van der Waals surface area (Å²) >= 11 is 0. The van der Waals surface area contributed by atoms with Gasteiger partial charge in [-0.15, -0.1) is 0 Å². The van der Waals surface area contributed by atoms with E-state index in [1.54, 1.807) is 20.8 Å². The fourth-order valence-electron chi connectivity index (χ4n) is 1.39. The first-order valence-electron chi connectivity index (χ1n) is 5.84. The standard InChI is InChI=1S/C11H21NO7S/c1-6(12)8(19-20(5,16)17)7(9(13)14)10(15)18-11(2,3)4/h6-8H,12H2,1-5H3,(H,13,14). The van der Waals surface area contributed by atoms with Crippen LogP contribution >= 0.6 is 0 Å². The molecule has 0 aliphatic carbocycles. The second-order valence-corrected chi connectivity index (χ2v) is 7.07. The van der Waals surface area contributed by atoms with Crippen LogP contribution in [-0.4, -0.2) is 49.5 Å². The van der Waals surface area contributed by atoms with Crippen LogP contribution in [-0.2, 0) is 28.6 Å². The second kappa shape index (κ2) is 6.51. The Morgan fingerprint density at radius 2 is 1.70 bits per heavy atom. The van der Waals surface area contributed by atoms with Gasteiger partial charge in [-0.2, -0.15) is 8.42 Å². The largest absolute Gasteiger partial charge is 0.481 e. The maximum atomic E-state index is 11.9. The van der Waals surface area contributed by atoms with Crippen LogP contribution in [0.5, 0.6) is 0 Å². The number of carbonyl (C=O) groups excluding carboxylic acids is 1. The summed E-state index contributed by atoms with van der Waals surface area (Å²) in [6, 6.07) is -1.00. The van der Waals surface area contributed by atoms with Gasteiger partial charge in [0.25, 0.3) is 10.1 Å². The molecule has 0 amide bonds. The monoisotopic (exact) mass is 311 g/mol. The zero-order chi connectivity index (χ0) is 16.3. The fourth-order valence-corrected chi connectivity index (χ4v) is 2.08. The first kappa shape index (κ1) is 18.8. The summed E-state index contributed by atoms with van der Waals surface area (Å²) in [5.41, 5.74) is 4.61. The molecule has 0 heterocycles. The van der Waals surface area contributed by atoms with Crippen molar-refractivity contribution in [2.75, 3.05) is 6.26 Å². The lowest BCUT2D eigenvalue weighted by atomic mass is 9.97. The molecule has 0 fully saturated rings. The second-order valence-electron chi connectivity index (χ2n) is 5.47. The third-order valence-corrected chi connectivity index (χ3v) is 2.63. The van der Waals surface area contributed by atoms with E-state index in [-0.39, 0.29) is 0 Å². The van der Waals surface area contributed by atoms with Gasteiger partial charge in [0, 0.05) is 6.04 Å². The third kappa shape index (κ3) is 6.83. The SMILES string of the molecule is CC(N)C(OS(C)(=O)=O)C(C(=O)O)C(=O)OC(C)(C)C. The van der Waals surface area contributed by atoms with Crippen LogP contribution < -0.4 is 5.73 Å². The van der Waals surface area contributed by atoms with Crippen molar-refractivity contribution in [2.45, 2.75) is 45.4 Å². The van der Waals surface area contributed by atoms with E-state index < -0.39 is 45.7 Å². The maximum Gasteiger partial charge on any atom is 0.323 e. The van der Waals surface area contributed by atoms with Crippen molar-refractivity contribution >= 4 is 22.1 Å². The number of hydrogen-bond acceptors (Lipinski definition) is 7. The quantitative estimate of drug-likeness (QED) is 0.389. The van der Waals surface area contributed by atoms with Gasteiger partial charge >= 0.3 is 11.9 Å². The van der Waals surface area contributed by atoms with Crippen molar-refractivity contribution in [3.8, 4) is 0 Å². The zero-order valence-electron chi connectivity index (χ0n) is 12.1. The highest BCUT2D eigenvalue weighted by atomic mass is 32.2. The molecular weight excluding hydrogens is 290 g/mol. The number of carboxylic acids is 1. The molecule has 0 aromatic rings. The van der Waals surface area contributed by atoms with Crippen LogP contribution in [0, 0.1) is 5.92 Å². The number of carboxylic acid groups (broad SMARTS) is 1. The summed E-state index contributed by atoms with van der Waals surface area (Å²) in [6.45, 7) is 6.02. The Morgan fingerprint density at radius 1 is 1.25 bits per heavy atom. The number of aliphatic carboxylic acids is 1. The van der Waals surface area contributed by atoms with Crippen LogP contribution in [0.3, 0.4) is 0 Å². The summed E-state index contributed by atoms with van der Waals surface area (Å²) in [5.74, 6) is -4.50. The molecule has 0 spiro atoms. The molecule has 8 nitrogen and oxygen atoms in total. The summed E-state index contributed by atoms with van der Waals surface area (Å²) in [4.78, 5) is 23.1. The molecule has 3 N–H and O–H groups in total. The molecule has 3 atom stereocenters. The van der Waals surface area contributed by atoms with Crippen molar-refractivity contribution in [3.05, 3.63) is 0 Å². The van der Waals surface area contributed by atoms with E-state index in [4.69, 9.17) is 15.6 Å². The Labute approximate surface area is 118 Å². The highest BCUT2D eigenvalue weighted by Crippen LogP contribution is 2.19. The van der Waals surface area contributed by atoms with Crippen LogP contribution in [0.2, 0.25) is 0 Å².